The van der Waals surface area contributed by atoms with Gasteiger partial charge in [0.1, 0.15) is 0 Å². The molecule has 0 aromatic rings. The van der Waals surface area contributed by atoms with E-state index in [1.54, 1.807) is 0 Å². The zero-order chi connectivity index (χ0) is 10.8. The third kappa shape index (κ3) is 8.56. The van der Waals surface area contributed by atoms with Gasteiger partial charge in [0.25, 0.3) is 0 Å². The fourth-order valence-corrected chi connectivity index (χ4v) is 1.22. The summed E-state index contributed by atoms with van der Waals surface area (Å²) in [5.74, 6) is 0. The number of hydrogen-bond acceptors (Lipinski definition) is 4. The first-order chi connectivity index (χ1) is 6.68. The Morgan fingerprint density at radius 3 is 2.29 bits per heavy atom. The minimum Gasteiger partial charge on any atom is -0.448 e. The van der Waals surface area contributed by atoms with Crippen molar-refractivity contribution in [2.45, 2.75) is 45.4 Å². The molecule has 0 aliphatic rings. The van der Waals surface area contributed by atoms with E-state index >= 15 is 0 Å². The minimum atomic E-state index is -0.509. The molecule has 0 aliphatic carbocycles. The lowest BCUT2D eigenvalue weighted by Crippen LogP contribution is -2.13. The second-order valence-electron chi connectivity index (χ2n) is 3.17. The molecule has 0 fully saturated rings. The lowest BCUT2D eigenvalue weighted by molar-refractivity contribution is 0.140. The molecule has 14 heavy (non-hydrogen) atoms. The van der Waals surface area contributed by atoms with Crippen LogP contribution in [0.1, 0.15) is 45.4 Å². The van der Waals surface area contributed by atoms with E-state index < -0.39 is 6.09 Å². The monoisotopic (exact) mass is 237 g/mol. The summed E-state index contributed by atoms with van der Waals surface area (Å²) in [6.45, 7) is 2.65. The van der Waals surface area contributed by atoms with E-state index in [0.717, 1.165) is 16.6 Å². The third-order valence-electron chi connectivity index (χ3n) is 1.89. The summed E-state index contributed by atoms with van der Waals surface area (Å²) in [7, 11) is 0. The molecule has 0 heterocycles. The Kier molecular flexibility index (Phi) is 9.50. The van der Waals surface area contributed by atoms with E-state index in [4.69, 9.17) is 4.74 Å². The zero-order valence-corrected chi connectivity index (χ0v) is 10.4. The van der Waals surface area contributed by atoms with Crippen molar-refractivity contribution in [3.8, 4) is 0 Å². The molecule has 5 heteroatoms. The molecule has 0 rings (SSSR count). The van der Waals surface area contributed by atoms with Crippen molar-refractivity contribution in [2.24, 2.45) is 0 Å². The highest BCUT2D eigenvalue weighted by atomic mass is 32.2. The molecule has 84 valence electrons. The second-order valence-corrected chi connectivity index (χ2v) is 4.29. The Balaban J connectivity index is 3.10. The van der Waals surface area contributed by atoms with Gasteiger partial charge < -0.3 is 4.74 Å². The van der Waals surface area contributed by atoms with Crippen LogP contribution >= 0.6 is 25.6 Å². The zero-order valence-electron chi connectivity index (χ0n) is 8.61. The van der Waals surface area contributed by atoms with Gasteiger partial charge in [0.05, 0.1) is 6.61 Å². The Labute approximate surface area is 97.3 Å². The first-order valence-corrected chi connectivity index (χ1v) is 5.83. The highest BCUT2D eigenvalue weighted by molar-refractivity contribution is 7.94. The summed E-state index contributed by atoms with van der Waals surface area (Å²) in [4.78, 5) is 10.8. The summed E-state index contributed by atoms with van der Waals surface area (Å²) < 4.78 is 5.69. The maximum atomic E-state index is 10.8. The van der Waals surface area contributed by atoms with Gasteiger partial charge in [-0.15, -0.1) is 0 Å². The van der Waals surface area contributed by atoms with E-state index in [9.17, 15) is 4.79 Å². The summed E-state index contributed by atoms with van der Waals surface area (Å²) in [6.07, 6.45) is 6.57. The molecule has 0 aromatic carbocycles. The molecule has 1 amide bonds. The van der Waals surface area contributed by atoms with Crippen LogP contribution < -0.4 is 0 Å². The van der Waals surface area contributed by atoms with Gasteiger partial charge in [0.2, 0.25) is 0 Å². The van der Waals surface area contributed by atoms with Crippen LogP contribution in [-0.2, 0) is 4.74 Å². The van der Waals surface area contributed by atoms with Crippen LogP contribution in [0.15, 0.2) is 0 Å². The van der Waals surface area contributed by atoms with Gasteiger partial charge in [0.15, 0.2) is 0 Å². The van der Waals surface area contributed by atoms with E-state index in [2.05, 4.69) is 32.6 Å². The Morgan fingerprint density at radius 2 is 1.71 bits per heavy atom. The van der Waals surface area contributed by atoms with Gasteiger partial charge in [-0.25, -0.2) is 4.79 Å². The van der Waals surface area contributed by atoms with E-state index in [-0.39, 0.29) is 0 Å². The number of hydrogen-bond donors (Lipinski definition) is 2. The Bertz CT molecular complexity index is 154. The highest BCUT2D eigenvalue weighted by Gasteiger charge is 2.05. The molecule has 3 nitrogen and oxygen atoms in total. The fourth-order valence-electron chi connectivity index (χ4n) is 1.10. The van der Waals surface area contributed by atoms with Crippen LogP contribution in [0.5, 0.6) is 0 Å². The van der Waals surface area contributed by atoms with Gasteiger partial charge in [0, 0.05) is 0 Å². The number of nitrogens with zero attached hydrogens (tertiary/aromatic N) is 1. The maximum absolute atomic E-state index is 10.8. The first kappa shape index (κ1) is 14.0. The first-order valence-electron chi connectivity index (χ1n) is 5.03. The van der Waals surface area contributed by atoms with Gasteiger partial charge >= 0.3 is 6.09 Å². The lowest BCUT2D eigenvalue weighted by atomic mass is 10.1. The molecule has 0 spiro atoms. The fraction of sp³-hybridized carbons (Fsp3) is 0.889. The lowest BCUT2D eigenvalue weighted by Gasteiger charge is -2.08. The highest BCUT2D eigenvalue weighted by Crippen LogP contribution is 2.06. The number of carbonyl (C=O) groups is 1. The minimum absolute atomic E-state index is 0.461. The third-order valence-corrected chi connectivity index (χ3v) is 2.21. The summed E-state index contributed by atoms with van der Waals surface area (Å²) in [6, 6.07) is 0. The SMILES string of the molecule is CCCCCCCCOC(=O)N(S)S. The summed E-state index contributed by atoms with van der Waals surface area (Å²) in [5.41, 5.74) is 0. The van der Waals surface area contributed by atoms with Crippen LogP contribution in [-0.4, -0.2) is 16.4 Å². The van der Waals surface area contributed by atoms with Crippen molar-refractivity contribution in [3.05, 3.63) is 0 Å². The molecule has 0 saturated heterocycles. The number of carbonyl (C=O) groups excluding carboxylic acids is 1. The molecular weight excluding hydrogens is 218 g/mol. The van der Waals surface area contributed by atoms with Crippen LogP contribution in [0.2, 0.25) is 0 Å². The van der Waals surface area contributed by atoms with Crippen molar-refractivity contribution in [2.75, 3.05) is 6.61 Å². The smallest absolute Gasteiger partial charge is 0.429 e. The molecule has 0 N–H and O–H groups in total. The van der Waals surface area contributed by atoms with Gasteiger partial charge in [-0.1, -0.05) is 39.0 Å². The number of thiol groups is 2. The normalized spacial score (nSPS) is 9.93. The maximum Gasteiger partial charge on any atom is 0.429 e. The Morgan fingerprint density at radius 1 is 1.14 bits per heavy atom. The van der Waals surface area contributed by atoms with Crippen LogP contribution in [0.25, 0.3) is 0 Å². The summed E-state index contributed by atoms with van der Waals surface area (Å²) in [5, 5.41) is 0. The number of ether oxygens (including phenoxy) is 1. The van der Waals surface area contributed by atoms with Gasteiger partial charge in [-0.3, -0.25) is 0 Å². The largest absolute Gasteiger partial charge is 0.448 e. The van der Waals surface area contributed by atoms with Gasteiger partial charge in [-0.2, -0.15) is 3.71 Å². The average Bonchev–Trinajstić information content (AvgIpc) is 2.16. The van der Waals surface area contributed by atoms with Crippen LogP contribution in [0, 0.1) is 0 Å². The van der Waals surface area contributed by atoms with Crippen LogP contribution in [0.4, 0.5) is 4.79 Å². The number of amides is 1. The molecule has 0 bridgehead atoms. The standard InChI is InChI=1S/C9H19NO2S2/c1-2-3-4-5-6-7-8-12-9(11)10(13)14/h13-14H,2-8H2,1H3. The van der Waals surface area contributed by atoms with E-state index in [0.29, 0.717) is 6.61 Å². The van der Waals surface area contributed by atoms with E-state index in [1.807, 2.05) is 0 Å². The molecular formula is C9H19NO2S2. The van der Waals surface area contributed by atoms with Crippen molar-refractivity contribution < 1.29 is 9.53 Å². The molecule has 0 atom stereocenters. The molecule has 0 aromatic heterocycles. The van der Waals surface area contributed by atoms with Crippen molar-refractivity contribution >= 4 is 31.7 Å². The molecule has 0 saturated carbocycles. The van der Waals surface area contributed by atoms with Crippen LogP contribution in [0.3, 0.4) is 0 Å². The Hall–Kier alpha value is -0.0300. The van der Waals surface area contributed by atoms with E-state index in [1.165, 1.54) is 25.7 Å². The molecule has 0 aliphatic heterocycles. The predicted octanol–water partition coefficient (Wildman–Crippen LogP) is 3.48. The molecule has 0 radical (unpaired) electrons. The van der Waals surface area contributed by atoms with Crippen molar-refractivity contribution in [3.63, 3.8) is 0 Å². The average molecular weight is 237 g/mol. The summed E-state index contributed by atoms with van der Waals surface area (Å²) >= 11 is 7.37. The quantitative estimate of drug-likeness (QED) is 0.524. The van der Waals surface area contributed by atoms with Crippen molar-refractivity contribution in [1.29, 1.82) is 0 Å². The topological polar surface area (TPSA) is 29.5 Å². The number of unbranched alkanes of at least 4 members (excludes halogenated alkanes) is 5. The number of rotatable bonds is 7. The molecule has 0 unspecified atom stereocenters. The second kappa shape index (κ2) is 9.52. The predicted molar refractivity (Wildman–Crippen MR) is 64.5 cm³/mol. The van der Waals surface area contributed by atoms with Crippen molar-refractivity contribution in [1.82, 2.24) is 3.71 Å². The van der Waals surface area contributed by atoms with Gasteiger partial charge in [-0.05, 0) is 32.1 Å².